The van der Waals surface area contributed by atoms with E-state index in [1.807, 2.05) is 12.1 Å². The van der Waals surface area contributed by atoms with Gasteiger partial charge in [-0.25, -0.2) is 0 Å². The van der Waals surface area contributed by atoms with Crippen molar-refractivity contribution in [3.63, 3.8) is 0 Å². The molecular formula is C63H54N2O2. The van der Waals surface area contributed by atoms with Crippen molar-refractivity contribution >= 4 is 99.4 Å². The summed E-state index contributed by atoms with van der Waals surface area (Å²) in [7, 11) is 0. The summed E-state index contributed by atoms with van der Waals surface area (Å²) < 4.78 is 13.7. The Balaban J connectivity index is 1.24. The second-order valence-corrected chi connectivity index (χ2v) is 19.8. The molecule has 4 heteroatoms. The Morgan fingerprint density at radius 3 is 2.00 bits per heavy atom. The van der Waals surface area contributed by atoms with E-state index in [0.717, 1.165) is 91.2 Å². The average molecular weight is 871 g/mol. The van der Waals surface area contributed by atoms with Crippen LogP contribution in [0.15, 0.2) is 173 Å². The molecule has 2 aromatic heterocycles. The molecule has 0 N–H and O–H groups in total. The molecule has 1 aliphatic carbocycles. The number of hydrogen-bond acceptors (Lipinski definition) is 4. The normalized spacial score (nSPS) is 13.9. The fraction of sp³-hybridized carbons (Fsp3) is 0.175. The molecule has 0 amide bonds. The predicted octanol–water partition coefficient (Wildman–Crippen LogP) is 18.3. The number of allylic oxidation sites excluding steroid dienone is 2. The van der Waals surface area contributed by atoms with Gasteiger partial charge in [0.2, 0.25) is 0 Å². The van der Waals surface area contributed by atoms with Crippen LogP contribution in [0.5, 0.6) is 0 Å². The molecule has 0 unspecified atom stereocenters. The molecule has 0 atom stereocenters. The lowest BCUT2D eigenvalue weighted by Gasteiger charge is -2.37. The van der Waals surface area contributed by atoms with Crippen LogP contribution in [0.3, 0.4) is 0 Å². The zero-order chi connectivity index (χ0) is 45.9. The van der Waals surface area contributed by atoms with Crippen LogP contribution in [-0.4, -0.2) is 0 Å². The van der Waals surface area contributed by atoms with E-state index in [2.05, 4.69) is 210 Å². The van der Waals surface area contributed by atoms with Crippen LogP contribution in [0, 0.1) is 20.8 Å². The van der Waals surface area contributed by atoms with Crippen LogP contribution in [0.25, 0.3) is 70.9 Å². The fourth-order valence-electron chi connectivity index (χ4n) is 11.4. The number of aryl methyl sites for hydroxylation is 4. The van der Waals surface area contributed by atoms with Crippen LogP contribution in [0.4, 0.5) is 28.4 Å². The Bertz CT molecular complexity index is 3840. The number of anilines is 5. The molecule has 0 saturated carbocycles. The number of rotatable bonds is 9. The largest absolute Gasteiger partial charge is 0.454 e. The lowest BCUT2D eigenvalue weighted by molar-refractivity contribution is 0.475. The Morgan fingerprint density at radius 2 is 1.27 bits per heavy atom. The van der Waals surface area contributed by atoms with Crippen molar-refractivity contribution < 1.29 is 8.83 Å². The summed E-state index contributed by atoms with van der Waals surface area (Å²) in [4.78, 5) is 4.92. The van der Waals surface area contributed by atoms with Gasteiger partial charge in [0.15, 0.2) is 11.3 Å². The molecule has 1 aliphatic rings. The van der Waals surface area contributed by atoms with Crippen LogP contribution in [0.2, 0.25) is 0 Å². The van der Waals surface area contributed by atoms with E-state index < -0.39 is 0 Å². The summed E-state index contributed by atoms with van der Waals surface area (Å²) in [6.07, 6.45) is 6.04. The highest BCUT2D eigenvalue weighted by Crippen LogP contribution is 2.55. The summed E-state index contributed by atoms with van der Waals surface area (Å²) in [5, 5.41) is 11.1. The van der Waals surface area contributed by atoms with Gasteiger partial charge in [-0.3, -0.25) is 0 Å². The monoisotopic (exact) mass is 870 g/mol. The molecule has 328 valence electrons. The molecule has 11 aromatic rings. The maximum Gasteiger partial charge on any atom is 0.159 e. The lowest BCUT2D eigenvalue weighted by atomic mass is 9.70. The lowest BCUT2D eigenvalue weighted by Crippen LogP contribution is -2.24. The molecule has 0 saturated heterocycles. The number of fused-ring (bicyclic) bond motifs is 4. The maximum atomic E-state index is 6.89. The first-order valence-electron chi connectivity index (χ1n) is 23.8. The van der Waals surface area contributed by atoms with Gasteiger partial charge in [0.25, 0.3) is 0 Å². The average Bonchev–Trinajstić information content (AvgIpc) is 3.88. The van der Waals surface area contributed by atoms with Gasteiger partial charge in [-0.2, -0.15) is 0 Å². The van der Waals surface area contributed by atoms with Crippen molar-refractivity contribution in [1.82, 2.24) is 0 Å². The number of benzene rings is 9. The van der Waals surface area contributed by atoms with Crippen molar-refractivity contribution in [1.29, 1.82) is 0 Å². The zero-order valence-electron chi connectivity index (χ0n) is 39.4. The molecule has 0 fully saturated rings. The first-order chi connectivity index (χ1) is 32.5. The SMILES string of the molecule is C=C/C=C(\c1oc2ccccc2c1C)N(c1cccc(C)c1)c1cc(C(C)C)c2ccc3c(N(c4cccc(C)c4)c4cccc5c4oc4ccccc45)cc4c5c(cc1c2c35)C(C)(C)CC4. The van der Waals surface area contributed by atoms with Crippen molar-refractivity contribution in [2.75, 3.05) is 9.80 Å². The molecule has 4 nitrogen and oxygen atoms in total. The third kappa shape index (κ3) is 6.26. The summed E-state index contributed by atoms with van der Waals surface area (Å²) in [6.45, 7) is 20.4. The van der Waals surface area contributed by atoms with Gasteiger partial charge >= 0.3 is 0 Å². The van der Waals surface area contributed by atoms with Gasteiger partial charge in [-0.1, -0.05) is 125 Å². The Kier molecular flexibility index (Phi) is 9.31. The topological polar surface area (TPSA) is 32.8 Å². The van der Waals surface area contributed by atoms with Crippen LogP contribution in [-0.2, 0) is 11.8 Å². The molecule has 12 rings (SSSR count). The molecule has 0 radical (unpaired) electrons. The Labute approximate surface area is 392 Å². The number of nitrogens with zero attached hydrogens (tertiary/aromatic N) is 2. The second kappa shape index (κ2) is 15.3. The zero-order valence-corrected chi connectivity index (χ0v) is 39.4. The Morgan fingerprint density at radius 1 is 0.597 bits per heavy atom. The summed E-state index contributed by atoms with van der Waals surface area (Å²) >= 11 is 0. The number of para-hydroxylation sites is 3. The first-order valence-corrected chi connectivity index (χ1v) is 23.8. The number of hydrogen-bond donors (Lipinski definition) is 0. The van der Waals surface area contributed by atoms with Gasteiger partial charge in [0.05, 0.1) is 22.8 Å². The molecule has 0 bridgehead atoms. The highest BCUT2D eigenvalue weighted by atomic mass is 16.3. The van der Waals surface area contributed by atoms with E-state index in [0.29, 0.717) is 0 Å². The van der Waals surface area contributed by atoms with E-state index in [1.54, 1.807) is 0 Å². The van der Waals surface area contributed by atoms with Crippen LogP contribution in [0.1, 0.15) is 79.2 Å². The van der Waals surface area contributed by atoms with Crippen molar-refractivity contribution in [2.45, 2.75) is 72.6 Å². The standard InChI is InChI=1S/C63H54N2O2/c1-9-17-52(61-40(6)44-22-10-12-26-56(44)66-61)64(42-20-14-18-38(4)32-42)55-36-49(37(2)3)46-28-29-48-54(34-41-30-31-63(7,8)51-35-50(55)59(46)60(48)58(41)51)65(43-21-15-19-39(5)33-43)53-25-16-24-47-45-23-11-13-27-57(45)67-62(47)53/h9-29,32-37H,1,30-31H2,2-8H3/b52-17+. The minimum absolute atomic E-state index is 0.0747. The van der Waals surface area contributed by atoms with Crippen LogP contribution < -0.4 is 9.80 Å². The van der Waals surface area contributed by atoms with E-state index in [4.69, 9.17) is 8.83 Å². The van der Waals surface area contributed by atoms with E-state index in [9.17, 15) is 0 Å². The highest BCUT2D eigenvalue weighted by Gasteiger charge is 2.35. The third-order valence-electron chi connectivity index (χ3n) is 14.7. The summed E-state index contributed by atoms with van der Waals surface area (Å²) in [6, 6.07) is 53.5. The Hall–Kier alpha value is -7.56. The molecule has 9 aromatic carbocycles. The van der Waals surface area contributed by atoms with E-state index in [-0.39, 0.29) is 11.3 Å². The van der Waals surface area contributed by atoms with Gasteiger partial charge in [-0.15, -0.1) is 0 Å². The summed E-state index contributed by atoms with van der Waals surface area (Å²) in [5.41, 5.74) is 16.5. The van der Waals surface area contributed by atoms with Crippen molar-refractivity contribution in [3.05, 3.63) is 203 Å². The second-order valence-electron chi connectivity index (χ2n) is 19.8. The predicted molar refractivity (Wildman–Crippen MR) is 285 cm³/mol. The molecule has 2 heterocycles. The minimum Gasteiger partial charge on any atom is -0.454 e. The molecule has 0 aliphatic heterocycles. The van der Waals surface area contributed by atoms with Gasteiger partial charge in [0.1, 0.15) is 11.2 Å². The smallest absolute Gasteiger partial charge is 0.159 e. The quantitative estimate of drug-likeness (QED) is 0.107. The van der Waals surface area contributed by atoms with Gasteiger partial charge < -0.3 is 18.6 Å². The minimum atomic E-state index is -0.0747. The van der Waals surface area contributed by atoms with E-state index in [1.165, 1.54) is 60.1 Å². The molecule has 0 spiro atoms. The maximum absolute atomic E-state index is 6.89. The van der Waals surface area contributed by atoms with Crippen molar-refractivity contribution in [2.24, 2.45) is 0 Å². The number of furan rings is 2. The van der Waals surface area contributed by atoms with Gasteiger partial charge in [0, 0.05) is 49.3 Å². The first kappa shape index (κ1) is 40.9. The van der Waals surface area contributed by atoms with Gasteiger partial charge in [-0.05, 0) is 156 Å². The third-order valence-corrected chi connectivity index (χ3v) is 14.7. The van der Waals surface area contributed by atoms with Crippen molar-refractivity contribution in [3.8, 4) is 0 Å². The van der Waals surface area contributed by atoms with E-state index >= 15 is 0 Å². The molecule has 67 heavy (non-hydrogen) atoms. The molecular weight excluding hydrogens is 817 g/mol. The fourth-order valence-corrected chi connectivity index (χ4v) is 11.4. The summed E-state index contributed by atoms with van der Waals surface area (Å²) in [5.74, 6) is 1.07. The highest BCUT2D eigenvalue weighted by molar-refractivity contribution is 6.31. The van der Waals surface area contributed by atoms with Crippen LogP contribution >= 0.6 is 0 Å².